The van der Waals surface area contributed by atoms with Crippen LogP contribution in [-0.2, 0) is 21.2 Å². The average molecular weight is 294 g/mol. The van der Waals surface area contributed by atoms with Gasteiger partial charge in [-0.3, -0.25) is 0 Å². The van der Waals surface area contributed by atoms with Gasteiger partial charge in [-0.25, -0.2) is 13.1 Å². The van der Waals surface area contributed by atoms with Crippen molar-refractivity contribution in [1.29, 1.82) is 5.26 Å². The van der Waals surface area contributed by atoms with Crippen LogP contribution in [0.2, 0.25) is 0 Å². The molecule has 5 nitrogen and oxygen atoms in total. The highest BCUT2D eigenvalue weighted by Gasteiger charge is 2.26. The minimum Gasteiger partial charge on any atom is -0.378 e. The van der Waals surface area contributed by atoms with Crippen molar-refractivity contribution in [1.82, 2.24) is 4.72 Å². The summed E-state index contributed by atoms with van der Waals surface area (Å²) in [7, 11) is -3.49. The maximum absolute atomic E-state index is 12.1. The highest BCUT2D eigenvalue weighted by atomic mass is 32.2. The zero-order valence-corrected chi connectivity index (χ0v) is 12.2. The lowest BCUT2D eigenvalue weighted by molar-refractivity contribution is 0.107. The van der Waals surface area contributed by atoms with Crippen LogP contribution in [0, 0.1) is 17.2 Å². The lowest BCUT2D eigenvalue weighted by atomic mass is 10.0. The monoisotopic (exact) mass is 294 g/mol. The Balaban J connectivity index is 2.01. The van der Waals surface area contributed by atoms with Gasteiger partial charge in [0.15, 0.2) is 0 Å². The number of sulfonamides is 1. The van der Waals surface area contributed by atoms with E-state index >= 15 is 0 Å². The van der Waals surface area contributed by atoms with Crippen molar-refractivity contribution in [3.05, 3.63) is 29.8 Å². The number of nitrogens with one attached hydrogen (secondary N) is 1. The molecule has 1 heterocycles. The van der Waals surface area contributed by atoms with Gasteiger partial charge in [-0.15, -0.1) is 0 Å². The first-order chi connectivity index (χ1) is 9.53. The summed E-state index contributed by atoms with van der Waals surface area (Å²) in [4.78, 5) is 0.228. The van der Waals surface area contributed by atoms with Crippen LogP contribution < -0.4 is 4.72 Å². The summed E-state index contributed by atoms with van der Waals surface area (Å²) in [6, 6.07) is 8.42. The number of hydrogen-bond donors (Lipinski definition) is 1. The van der Waals surface area contributed by atoms with Crippen LogP contribution >= 0.6 is 0 Å². The SMILES string of the molecule is CC1OCCC1CNS(=O)(=O)c1ccc(CC#N)cc1. The van der Waals surface area contributed by atoms with Gasteiger partial charge in [0.05, 0.1) is 23.5 Å². The van der Waals surface area contributed by atoms with E-state index in [-0.39, 0.29) is 23.3 Å². The number of benzene rings is 1. The third kappa shape index (κ3) is 3.57. The second-order valence-corrected chi connectivity index (χ2v) is 6.72. The lowest BCUT2D eigenvalue weighted by Crippen LogP contribution is -2.32. The van der Waals surface area contributed by atoms with Crippen molar-refractivity contribution in [3.63, 3.8) is 0 Å². The molecule has 2 unspecified atom stereocenters. The van der Waals surface area contributed by atoms with E-state index in [0.717, 1.165) is 12.0 Å². The van der Waals surface area contributed by atoms with E-state index < -0.39 is 10.0 Å². The van der Waals surface area contributed by atoms with E-state index in [2.05, 4.69) is 4.72 Å². The third-order valence-corrected chi connectivity index (χ3v) is 5.03. The first-order valence-corrected chi connectivity index (χ1v) is 8.08. The number of ether oxygens (including phenoxy) is 1. The standard InChI is InChI=1S/C14H18N2O3S/c1-11-13(7-9-19-11)10-16-20(17,18)14-4-2-12(3-5-14)6-8-15/h2-5,11,13,16H,6-7,9-10H2,1H3. The molecule has 0 aromatic heterocycles. The Bertz CT molecular complexity index is 590. The Morgan fingerprint density at radius 2 is 2.10 bits per heavy atom. The van der Waals surface area contributed by atoms with Crippen LogP contribution in [0.15, 0.2) is 29.2 Å². The molecule has 1 fully saturated rings. The zero-order chi connectivity index (χ0) is 14.6. The summed E-state index contributed by atoms with van der Waals surface area (Å²) in [6.45, 7) is 3.04. The summed E-state index contributed by atoms with van der Waals surface area (Å²) < 4.78 is 32.3. The Hall–Kier alpha value is -1.42. The Labute approximate surface area is 119 Å². The van der Waals surface area contributed by atoms with Crippen molar-refractivity contribution in [3.8, 4) is 6.07 Å². The van der Waals surface area contributed by atoms with E-state index in [1.807, 2.05) is 13.0 Å². The van der Waals surface area contributed by atoms with Crippen molar-refractivity contribution in [2.24, 2.45) is 5.92 Å². The van der Waals surface area contributed by atoms with Crippen molar-refractivity contribution in [2.45, 2.75) is 30.8 Å². The molecule has 1 N–H and O–H groups in total. The topological polar surface area (TPSA) is 79.2 Å². The molecule has 0 aliphatic carbocycles. The molecule has 2 atom stereocenters. The molecular weight excluding hydrogens is 276 g/mol. The number of hydrogen-bond acceptors (Lipinski definition) is 4. The van der Waals surface area contributed by atoms with Gasteiger partial charge < -0.3 is 4.74 Å². The highest BCUT2D eigenvalue weighted by molar-refractivity contribution is 7.89. The van der Waals surface area contributed by atoms with E-state index in [1.54, 1.807) is 12.1 Å². The van der Waals surface area contributed by atoms with E-state index in [4.69, 9.17) is 10.00 Å². The van der Waals surface area contributed by atoms with Gasteiger partial charge in [-0.1, -0.05) is 12.1 Å². The molecule has 1 saturated heterocycles. The Kier molecular flexibility index (Phi) is 4.76. The second-order valence-electron chi connectivity index (χ2n) is 4.96. The van der Waals surface area contributed by atoms with Crippen LogP contribution in [0.3, 0.4) is 0 Å². The minimum atomic E-state index is -3.49. The van der Waals surface area contributed by atoms with Crippen molar-refractivity contribution >= 4 is 10.0 Å². The fourth-order valence-electron chi connectivity index (χ4n) is 2.22. The number of rotatable bonds is 5. The molecule has 2 rings (SSSR count). The summed E-state index contributed by atoms with van der Waals surface area (Å²) >= 11 is 0. The van der Waals surface area contributed by atoms with Gasteiger partial charge in [0.2, 0.25) is 10.0 Å². The quantitative estimate of drug-likeness (QED) is 0.891. The van der Waals surface area contributed by atoms with Crippen LogP contribution in [-0.4, -0.2) is 27.7 Å². The molecule has 1 aliphatic heterocycles. The summed E-state index contributed by atoms with van der Waals surface area (Å²) in [5, 5.41) is 8.59. The van der Waals surface area contributed by atoms with Crippen LogP contribution in [0.5, 0.6) is 0 Å². The summed E-state index contributed by atoms with van der Waals surface area (Å²) in [6.07, 6.45) is 1.26. The van der Waals surface area contributed by atoms with Crippen LogP contribution in [0.1, 0.15) is 18.9 Å². The van der Waals surface area contributed by atoms with Crippen molar-refractivity contribution in [2.75, 3.05) is 13.2 Å². The highest BCUT2D eigenvalue weighted by Crippen LogP contribution is 2.20. The first kappa shape index (κ1) is 15.0. The molecular formula is C14H18N2O3S. The smallest absolute Gasteiger partial charge is 0.240 e. The summed E-state index contributed by atoms with van der Waals surface area (Å²) in [5.41, 5.74) is 0.810. The predicted molar refractivity (Wildman–Crippen MR) is 74.5 cm³/mol. The normalized spacial score (nSPS) is 22.6. The largest absolute Gasteiger partial charge is 0.378 e. The molecule has 108 valence electrons. The molecule has 6 heteroatoms. The maximum Gasteiger partial charge on any atom is 0.240 e. The molecule has 1 aromatic carbocycles. The summed E-state index contributed by atoms with van der Waals surface area (Å²) in [5.74, 6) is 0.225. The Morgan fingerprint density at radius 3 is 2.65 bits per heavy atom. The van der Waals surface area contributed by atoms with Gasteiger partial charge in [-0.2, -0.15) is 5.26 Å². The fourth-order valence-corrected chi connectivity index (χ4v) is 3.32. The Morgan fingerprint density at radius 1 is 1.40 bits per heavy atom. The average Bonchev–Trinajstić information content (AvgIpc) is 2.83. The molecule has 0 radical (unpaired) electrons. The van der Waals surface area contributed by atoms with E-state index in [1.165, 1.54) is 12.1 Å². The molecule has 0 amide bonds. The van der Waals surface area contributed by atoms with E-state index in [0.29, 0.717) is 13.2 Å². The van der Waals surface area contributed by atoms with Crippen LogP contribution in [0.4, 0.5) is 0 Å². The minimum absolute atomic E-state index is 0.0932. The molecule has 0 spiro atoms. The lowest BCUT2D eigenvalue weighted by Gasteiger charge is -2.15. The zero-order valence-electron chi connectivity index (χ0n) is 11.4. The van der Waals surface area contributed by atoms with E-state index in [9.17, 15) is 8.42 Å². The molecule has 1 aromatic rings. The number of nitrogens with zero attached hydrogens (tertiary/aromatic N) is 1. The van der Waals surface area contributed by atoms with Gasteiger partial charge in [-0.05, 0) is 31.0 Å². The first-order valence-electron chi connectivity index (χ1n) is 6.60. The molecule has 20 heavy (non-hydrogen) atoms. The van der Waals surface area contributed by atoms with Gasteiger partial charge >= 0.3 is 0 Å². The molecule has 1 aliphatic rings. The van der Waals surface area contributed by atoms with Crippen molar-refractivity contribution < 1.29 is 13.2 Å². The molecule has 0 saturated carbocycles. The molecule has 0 bridgehead atoms. The number of nitriles is 1. The van der Waals surface area contributed by atoms with Gasteiger partial charge in [0.25, 0.3) is 0 Å². The van der Waals surface area contributed by atoms with Gasteiger partial charge in [0, 0.05) is 19.1 Å². The fraction of sp³-hybridized carbons (Fsp3) is 0.500. The third-order valence-electron chi connectivity index (χ3n) is 3.59. The van der Waals surface area contributed by atoms with Crippen LogP contribution in [0.25, 0.3) is 0 Å². The predicted octanol–water partition coefficient (Wildman–Crippen LogP) is 1.46. The maximum atomic E-state index is 12.1. The second kappa shape index (κ2) is 6.35. The van der Waals surface area contributed by atoms with Gasteiger partial charge in [0.1, 0.15) is 0 Å².